The zero-order valence-electron chi connectivity index (χ0n) is 13.3. The summed E-state index contributed by atoms with van der Waals surface area (Å²) < 4.78 is 1.64. The van der Waals surface area contributed by atoms with Gasteiger partial charge in [0.1, 0.15) is 0 Å². The minimum Gasteiger partial charge on any atom is -0.481 e. The van der Waals surface area contributed by atoms with Crippen molar-refractivity contribution in [1.29, 1.82) is 0 Å². The number of aliphatic carboxylic acids is 1. The van der Waals surface area contributed by atoms with E-state index in [0.29, 0.717) is 25.3 Å². The number of nitrogens with zero attached hydrogens (tertiary/aromatic N) is 4. The molecule has 0 spiro atoms. The van der Waals surface area contributed by atoms with Gasteiger partial charge in [0.05, 0.1) is 18.2 Å². The molecule has 2 amide bonds. The number of carbonyl (C=O) groups excluding carboxylic acids is 1. The standard InChI is InChI=1S/C16H19N5O3/c1-16(14(22)23)7-8-20(11-16)15(24)17-13-10-21(19-18-13)9-12-5-3-2-4-6-12/h2-6,10H,7-9,11H2,1H3,(H,17,24)(H,22,23). The molecule has 1 atom stereocenters. The molecule has 0 radical (unpaired) electrons. The highest BCUT2D eigenvalue weighted by Gasteiger charge is 2.42. The fourth-order valence-electron chi connectivity index (χ4n) is 2.70. The van der Waals surface area contributed by atoms with Crippen LogP contribution in [-0.4, -0.2) is 50.1 Å². The molecule has 3 rings (SSSR count). The zero-order valence-corrected chi connectivity index (χ0v) is 13.3. The topological polar surface area (TPSA) is 100 Å². The predicted octanol–water partition coefficient (Wildman–Crippen LogP) is 1.65. The Kier molecular flexibility index (Phi) is 4.20. The summed E-state index contributed by atoms with van der Waals surface area (Å²) in [4.78, 5) is 25.0. The molecule has 24 heavy (non-hydrogen) atoms. The van der Waals surface area contributed by atoms with Crippen LogP contribution in [0.2, 0.25) is 0 Å². The van der Waals surface area contributed by atoms with Gasteiger partial charge in [0.25, 0.3) is 0 Å². The van der Waals surface area contributed by atoms with E-state index in [2.05, 4.69) is 15.6 Å². The van der Waals surface area contributed by atoms with Crippen molar-refractivity contribution in [3.8, 4) is 0 Å². The predicted molar refractivity (Wildman–Crippen MR) is 86.5 cm³/mol. The number of benzene rings is 1. The van der Waals surface area contributed by atoms with Crippen molar-refractivity contribution in [2.75, 3.05) is 18.4 Å². The second-order valence-corrected chi connectivity index (χ2v) is 6.25. The molecule has 2 aromatic rings. The Morgan fingerprint density at radius 2 is 2.08 bits per heavy atom. The Hall–Kier alpha value is -2.90. The zero-order chi connectivity index (χ0) is 17.2. The number of hydrogen-bond donors (Lipinski definition) is 2. The normalized spacial score (nSPS) is 20.1. The molecule has 126 valence electrons. The minimum absolute atomic E-state index is 0.187. The lowest BCUT2D eigenvalue weighted by molar-refractivity contribution is -0.146. The molecule has 2 N–H and O–H groups in total. The van der Waals surface area contributed by atoms with E-state index in [-0.39, 0.29) is 12.6 Å². The van der Waals surface area contributed by atoms with E-state index in [1.807, 2.05) is 30.3 Å². The monoisotopic (exact) mass is 329 g/mol. The van der Waals surface area contributed by atoms with Crippen LogP contribution in [0.1, 0.15) is 18.9 Å². The first-order valence-electron chi connectivity index (χ1n) is 7.70. The average Bonchev–Trinajstić information content (AvgIpc) is 3.16. The number of amides is 2. The summed E-state index contributed by atoms with van der Waals surface area (Å²) in [5, 5.41) is 19.8. The maximum absolute atomic E-state index is 12.2. The quantitative estimate of drug-likeness (QED) is 0.888. The largest absolute Gasteiger partial charge is 0.481 e. The molecule has 1 fully saturated rings. The summed E-state index contributed by atoms with van der Waals surface area (Å²) in [6.07, 6.45) is 2.09. The van der Waals surface area contributed by atoms with Crippen LogP contribution in [-0.2, 0) is 11.3 Å². The third-order valence-corrected chi connectivity index (χ3v) is 4.24. The van der Waals surface area contributed by atoms with Crippen molar-refractivity contribution in [2.24, 2.45) is 5.41 Å². The smallest absolute Gasteiger partial charge is 0.323 e. The number of rotatable bonds is 4. The molecule has 1 aliphatic heterocycles. The van der Waals surface area contributed by atoms with Crippen LogP contribution in [0.3, 0.4) is 0 Å². The molecular weight excluding hydrogens is 310 g/mol. The van der Waals surface area contributed by atoms with Gasteiger partial charge in [-0.1, -0.05) is 35.5 Å². The Labute approximate surface area is 139 Å². The molecule has 0 aliphatic carbocycles. The maximum Gasteiger partial charge on any atom is 0.323 e. The van der Waals surface area contributed by atoms with Crippen molar-refractivity contribution in [2.45, 2.75) is 19.9 Å². The number of hydrogen-bond acceptors (Lipinski definition) is 4. The van der Waals surface area contributed by atoms with Gasteiger partial charge in [-0.2, -0.15) is 0 Å². The van der Waals surface area contributed by atoms with Crippen molar-refractivity contribution < 1.29 is 14.7 Å². The molecule has 8 heteroatoms. The first-order chi connectivity index (χ1) is 11.5. The van der Waals surface area contributed by atoms with Gasteiger partial charge in [0, 0.05) is 13.1 Å². The van der Waals surface area contributed by atoms with Crippen LogP contribution >= 0.6 is 0 Å². The van der Waals surface area contributed by atoms with Crippen LogP contribution in [0, 0.1) is 5.41 Å². The lowest BCUT2D eigenvalue weighted by atomic mass is 9.90. The molecule has 1 unspecified atom stereocenters. The highest BCUT2D eigenvalue weighted by molar-refractivity contribution is 5.89. The van der Waals surface area contributed by atoms with Crippen LogP contribution in [0.25, 0.3) is 0 Å². The van der Waals surface area contributed by atoms with Gasteiger partial charge in [0.15, 0.2) is 5.82 Å². The summed E-state index contributed by atoms with van der Waals surface area (Å²) in [6.45, 7) is 2.81. The summed E-state index contributed by atoms with van der Waals surface area (Å²) in [7, 11) is 0. The third kappa shape index (κ3) is 3.37. The maximum atomic E-state index is 12.2. The van der Waals surface area contributed by atoms with Crippen molar-refractivity contribution in [1.82, 2.24) is 19.9 Å². The second kappa shape index (κ2) is 6.31. The summed E-state index contributed by atoms with van der Waals surface area (Å²) in [5.41, 5.74) is 0.194. The Morgan fingerprint density at radius 1 is 1.33 bits per heavy atom. The van der Waals surface area contributed by atoms with Crippen LogP contribution in [0.4, 0.5) is 10.6 Å². The van der Waals surface area contributed by atoms with Gasteiger partial charge in [-0.05, 0) is 18.9 Å². The third-order valence-electron chi connectivity index (χ3n) is 4.24. The van der Waals surface area contributed by atoms with E-state index < -0.39 is 11.4 Å². The van der Waals surface area contributed by atoms with Crippen molar-refractivity contribution >= 4 is 17.8 Å². The number of likely N-dealkylation sites (tertiary alicyclic amines) is 1. The number of carboxylic acids is 1. The SMILES string of the molecule is CC1(C(=O)O)CCN(C(=O)Nc2cn(Cc3ccccc3)nn2)C1. The van der Waals surface area contributed by atoms with Gasteiger partial charge in [-0.3, -0.25) is 10.1 Å². The summed E-state index contributed by atoms with van der Waals surface area (Å²) >= 11 is 0. The number of nitrogens with one attached hydrogen (secondary N) is 1. The van der Waals surface area contributed by atoms with E-state index in [0.717, 1.165) is 5.56 Å². The molecule has 2 heterocycles. The number of carboxylic acid groups (broad SMARTS) is 1. The summed E-state index contributed by atoms with van der Waals surface area (Å²) in [6, 6.07) is 9.45. The van der Waals surface area contributed by atoms with E-state index >= 15 is 0 Å². The molecule has 1 saturated heterocycles. The number of urea groups is 1. The fraction of sp³-hybridized carbons (Fsp3) is 0.375. The summed E-state index contributed by atoms with van der Waals surface area (Å²) in [5.74, 6) is -0.536. The molecule has 8 nitrogen and oxygen atoms in total. The van der Waals surface area contributed by atoms with Gasteiger partial charge < -0.3 is 10.0 Å². The molecule has 1 aliphatic rings. The Morgan fingerprint density at radius 3 is 2.75 bits per heavy atom. The highest BCUT2D eigenvalue weighted by atomic mass is 16.4. The van der Waals surface area contributed by atoms with Crippen molar-refractivity contribution in [3.05, 3.63) is 42.1 Å². The Balaban J connectivity index is 1.59. The number of aromatic nitrogens is 3. The van der Waals surface area contributed by atoms with Crippen LogP contribution < -0.4 is 5.32 Å². The van der Waals surface area contributed by atoms with E-state index in [9.17, 15) is 14.7 Å². The lowest BCUT2D eigenvalue weighted by Gasteiger charge is -2.19. The number of carbonyl (C=O) groups is 2. The first-order valence-corrected chi connectivity index (χ1v) is 7.70. The fourth-order valence-corrected chi connectivity index (χ4v) is 2.70. The van der Waals surface area contributed by atoms with Crippen molar-refractivity contribution in [3.63, 3.8) is 0 Å². The molecule has 0 bridgehead atoms. The van der Waals surface area contributed by atoms with Gasteiger partial charge in [0.2, 0.25) is 0 Å². The second-order valence-electron chi connectivity index (χ2n) is 6.25. The molecule has 1 aromatic carbocycles. The highest BCUT2D eigenvalue weighted by Crippen LogP contribution is 2.30. The van der Waals surface area contributed by atoms with E-state index in [4.69, 9.17) is 0 Å². The molecule has 1 aromatic heterocycles. The average molecular weight is 329 g/mol. The van der Waals surface area contributed by atoms with E-state index in [1.54, 1.807) is 17.8 Å². The molecule has 0 saturated carbocycles. The van der Waals surface area contributed by atoms with Crippen LogP contribution in [0.5, 0.6) is 0 Å². The van der Waals surface area contributed by atoms with Crippen LogP contribution in [0.15, 0.2) is 36.5 Å². The molecular formula is C16H19N5O3. The minimum atomic E-state index is -0.887. The van der Waals surface area contributed by atoms with E-state index in [1.165, 1.54) is 4.90 Å². The Bertz CT molecular complexity index is 745. The van der Waals surface area contributed by atoms with Gasteiger partial charge in [-0.25, -0.2) is 9.48 Å². The van der Waals surface area contributed by atoms with Gasteiger partial charge >= 0.3 is 12.0 Å². The number of anilines is 1. The lowest BCUT2D eigenvalue weighted by Crippen LogP contribution is -2.37. The van der Waals surface area contributed by atoms with Gasteiger partial charge in [-0.15, -0.1) is 5.10 Å². The first kappa shape index (κ1) is 16.0.